The zero-order valence-electron chi connectivity index (χ0n) is 18.0. The van der Waals surface area contributed by atoms with Crippen LogP contribution in [0.15, 0.2) is 33.7 Å². The predicted molar refractivity (Wildman–Crippen MR) is 118 cm³/mol. The molecule has 1 aromatic heterocycles. The molecule has 2 amide bonds. The Hall–Kier alpha value is -2.39. The van der Waals surface area contributed by atoms with Crippen LogP contribution in [-0.4, -0.2) is 82.5 Å². The van der Waals surface area contributed by atoms with Gasteiger partial charge in [-0.15, -0.1) is 11.8 Å². The summed E-state index contributed by atoms with van der Waals surface area (Å²) in [4.78, 5) is 36.9. The number of benzene rings is 1. The van der Waals surface area contributed by atoms with Gasteiger partial charge in [0.15, 0.2) is 5.82 Å². The molecule has 0 bridgehead atoms. The molecule has 4 rings (SSSR count). The summed E-state index contributed by atoms with van der Waals surface area (Å²) in [6.45, 7) is 6.71. The van der Waals surface area contributed by atoms with E-state index in [0.717, 1.165) is 43.9 Å². The highest BCUT2D eigenvalue weighted by Gasteiger charge is 2.26. The lowest BCUT2D eigenvalue weighted by Gasteiger charge is -2.36. The molecule has 2 fully saturated rings. The van der Waals surface area contributed by atoms with Gasteiger partial charge >= 0.3 is 0 Å². The van der Waals surface area contributed by atoms with Crippen molar-refractivity contribution in [1.82, 2.24) is 24.8 Å². The molecule has 3 heterocycles. The Morgan fingerprint density at radius 2 is 1.74 bits per heavy atom. The van der Waals surface area contributed by atoms with Crippen molar-refractivity contribution in [3.63, 3.8) is 0 Å². The van der Waals surface area contributed by atoms with Gasteiger partial charge in [0.25, 0.3) is 5.91 Å². The normalized spacial score (nSPS) is 17.7. The molecule has 2 aliphatic rings. The predicted octanol–water partition coefficient (Wildman–Crippen LogP) is 2.44. The molecule has 0 N–H and O–H groups in total. The second-order valence-electron chi connectivity index (χ2n) is 8.02. The molecule has 0 atom stereocenters. The average molecular weight is 444 g/mol. The first-order valence-electron chi connectivity index (χ1n) is 10.9. The van der Waals surface area contributed by atoms with Crippen LogP contribution in [0, 0.1) is 6.92 Å². The summed E-state index contributed by atoms with van der Waals surface area (Å²) in [7, 11) is 0. The Morgan fingerprint density at radius 1 is 1.00 bits per heavy atom. The number of amides is 2. The first-order valence-corrected chi connectivity index (χ1v) is 11.9. The summed E-state index contributed by atoms with van der Waals surface area (Å²) >= 11 is 1.54. The third-order valence-electron chi connectivity index (χ3n) is 5.77. The number of aromatic nitrogens is 2. The molecule has 2 saturated heterocycles. The van der Waals surface area contributed by atoms with Gasteiger partial charge in [-0.1, -0.05) is 17.3 Å². The summed E-state index contributed by atoms with van der Waals surface area (Å²) in [6, 6.07) is 7.66. The molecule has 0 radical (unpaired) electrons. The van der Waals surface area contributed by atoms with E-state index in [0.29, 0.717) is 42.7 Å². The SMILES string of the molecule is Cc1nc(CSc2ccccc2C(=O)N2CCN(CC(=O)N3CCCCC3)CC2)no1. The lowest BCUT2D eigenvalue weighted by molar-refractivity contribution is -0.133. The highest BCUT2D eigenvalue weighted by Crippen LogP contribution is 2.27. The topological polar surface area (TPSA) is 82.8 Å². The Bertz CT molecular complexity index is 904. The molecule has 0 aliphatic carbocycles. The second kappa shape index (κ2) is 10.3. The number of rotatable bonds is 6. The quantitative estimate of drug-likeness (QED) is 0.634. The molecule has 2 aliphatic heterocycles. The number of piperidine rings is 1. The van der Waals surface area contributed by atoms with E-state index in [4.69, 9.17) is 4.52 Å². The summed E-state index contributed by atoms with van der Waals surface area (Å²) in [5.41, 5.74) is 0.700. The van der Waals surface area contributed by atoms with Gasteiger partial charge in [0, 0.05) is 51.1 Å². The molecule has 0 unspecified atom stereocenters. The minimum Gasteiger partial charge on any atom is -0.342 e. The monoisotopic (exact) mass is 443 g/mol. The van der Waals surface area contributed by atoms with Gasteiger partial charge in [-0.3, -0.25) is 14.5 Å². The summed E-state index contributed by atoms with van der Waals surface area (Å²) in [6.07, 6.45) is 3.44. The molecular weight excluding hydrogens is 414 g/mol. The van der Waals surface area contributed by atoms with Crippen molar-refractivity contribution in [2.75, 3.05) is 45.8 Å². The zero-order valence-corrected chi connectivity index (χ0v) is 18.8. The smallest absolute Gasteiger partial charge is 0.255 e. The van der Waals surface area contributed by atoms with Gasteiger partial charge in [0.2, 0.25) is 11.8 Å². The highest BCUT2D eigenvalue weighted by atomic mass is 32.2. The number of nitrogens with zero attached hydrogens (tertiary/aromatic N) is 5. The maximum Gasteiger partial charge on any atom is 0.255 e. The first kappa shape index (κ1) is 21.8. The van der Waals surface area contributed by atoms with Crippen LogP contribution >= 0.6 is 11.8 Å². The zero-order chi connectivity index (χ0) is 21.6. The van der Waals surface area contributed by atoms with Crippen molar-refractivity contribution in [3.8, 4) is 0 Å². The molecule has 2 aromatic rings. The van der Waals surface area contributed by atoms with E-state index in [1.807, 2.05) is 34.1 Å². The van der Waals surface area contributed by atoms with Gasteiger partial charge in [0.1, 0.15) is 0 Å². The summed E-state index contributed by atoms with van der Waals surface area (Å²) in [5, 5.41) is 3.92. The highest BCUT2D eigenvalue weighted by molar-refractivity contribution is 7.98. The number of thioether (sulfide) groups is 1. The number of carbonyl (C=O) groups is 2. The van der Waals surface area contributed by atoms with E-state index in [1.54, 1.807) is 6.92 Å². The molecule has 9 heteroatoms. The van der Waals surface area contributed by atoms with Gasteiger partial charge in [-0.2, -0.15) is 4.98 Å². The van der Waals surface area contributed by atoms with Crippen LogP contribution < -0.4 is 0 Å². The molecular formula is C22H29N5O3S. The van der Waals surface area contributed by atoms with Gasteiger partial charge in [-0.25, -0.2) is 0 Å². The van der Waals surface area contributed by atoms with Crippen LogP contribution in [0.1, 0.15) is 41.3 Å². The Labute approximate surface area is 186 Å². The van der Waals surface area contributed by atoms with Gasteiger partial charge in [0.05, 0.1) is 17.9 Å². The van der Waals surface area contributed by atoms with E-state index in [-0.39, 0.29) is 11.8 Å². The maximum absolute atomic E-state index is 13.2. The molecule has 8 nitrogen and oxygen atoms in total. The summed E-state index contributed by atoms with van der Waals surface area (Å²) in [5.74, 6) is 1.97. The molecule has 0 spiro atoms. The Balaban J connectivity index is 1.30. The van der Waals surface area contributed by atoms with Crippen molar-refractivity contribution < 1.29 is 14.1 Å². The number of aryl methyl sites for hydroxylation is 1. The fraction of sp³-hybridized carbons (Fsp3) is 0.545. The van der Waals surface area contributed by atoms with Gasteiger partial charge in [-0.05, 0) is 31.4 Å². The van der Waals surface area contributed by atoms with Gasteiger partial charge < -0.3 is 14.3 Å². The van der Waals surface area contributed by atoms with Crippen LogP contribution in [0.3, 0.4) is 0 Å². The van der Waals surface area contributed by atoms with Crippen molar-refractivity contribution in [3.05, 3.63) is 41.5 Å². The molecule has 1 aromatic carbocycles. The van der Waals surface area contributed by atoms with E-state index >= 15 is 0 Å². The van der Waals surface area contributed by atoms with Crippen LogP contribution in [0.2, 0.25) is 0 Å². The van der Waals surface area contributed by atoms with Crippen LogP contribution in [-0.2, 0) is 10.5 Å². The third-order valence-corrected chi connectivity index (χ3v) is 6.84. The minimum absolute atomic E-state index is 0.0365. The summed E-state index contributed by atoms with van der Waals surface area (Å²) < 4.78 is 5.02. The molecule has 0 saturated carbocycles. The number of carbonyl (C=O) groups excluding carboxylic acids is 2. The standard InChI is InChI=1S/C22H29N5O3S/c1-17-23-20(24-30-17)16-31-19-8-4-3-7-18(19)22(29)27-13-11-25(12-14-27)15-21(28)26-9-5-2-6-10-26/h3-4,7-8H,2,5-6,9-16H2,1H3. The number of piperazine rings is 1. The Morgan fingerprint density at radius 3 is 2.45 bits per heavy atom. The van der Waals surface area contributed by atoms with Crippen molar-refractivity contribution >= 4 is 23.6 Å². The van der Waals surface area contributed by atoms with E-state index in [1.165, 1.54) is 18.2 Å². The fourth-order valence-electron chi connectivity index (χ4n) is 4.03. The fourth-order valence-corrected chi connectivity index (χ4v) is 4.91. The lowest BCUT2D eigenvalue weighted by Crippen LogP contribution is -2.52. The lowest BCUT2D eigenvalue weighted by atomic mass is 10.1. The van der Waals surface area contributed by atoms with E-state index in [2.05, 4.69) is 15.0 Å². The van der Waals surface area contributed by atoms with E-state index in [9.17, 15) is 9.59 Å². The number of likely N-dealkylation sites (tertiary alicyclic amines) is 1. The van der Waals surface area contributed by atoms with Crippen LogP contribution in [0.4, 0.5) is 0 Å². The van der Waals surface area contributed by atoms with E-state index < -0.39 is 0 Å². The maximum atomic E-state index is 13.2. The largest absolute Gasteiger partial charge is 0.342 e. The van der Waals surface area contributed by atoms with Crippen molar-refractivity contribution in [1.29, 1.82) is 0 Å². The average Bonchev–Trinajstić information content (AvgIpc) is 3.23. The third kappa shape index (κ3) is 5.65. The van der Waals surface area contributed by atoms with Crippen LogP contribution in [0.25, 0.3) is 0 Å². The first-order chi connectivity index (χ1) is 15.1. The van der Waals surface area contributed by atoms with Crippen LogP contribution in [0.5, 0.6) is 0 Å². The molecule has 31 heavy (non-hydrogen) atoms. The number of hydrogen-bond donors (Lipinski definition) is 0. The van der Waals surface area contributed by atoms with Crippen molar-refractivity contribution in [2.45, 2.75) is 36.8 Å². The molecule has 166 valence electrons. The van der Waals surface area contributed by atoms with Crippen molar-refractivity contribution in [2.24, 2.45) is 0 Å². The number of hydrogen-bond acceptors (Lipinski definition) is 7. The second-order valence-corrected chi connectivity index (χ2v) is 9.04. The minimum atomic E-state index is 0.0365. The Kier molecular flexibility index (Phi) is 7.24.